The van der Waals surface area contributed by atoms with Crippen LogP contribution in [0.4, 0.5) is 0 Å². The van der Waals surface area contributed by atoms with Gasteiger partial charge in [-0.1, -0.05) is 6.92 Å². The minimum Gasteiger partial charge on any atom is -0.313 e. The number of nitrogens with zero attached hydrogens (tertiary/aromatic N) is 2. The van der Waals surface area contributed by atoms with E-state index >= 15 is 0 Å². The molecular formula is C11H21N3O2S. The van der Waals surface area contributed by atoms with E-state index in [1.54, 1.807) is 10.9 Å². The van der Waals surface area contributed by atoms with Crippen LogP contribution in [-0.4, -0.2) is 36.8 Å². The van der Waals surface area contributed by atoms with Crippen LogP contribution < -0.4 is 5.32 Å². The zero-order valence-corrected chi connectivity index (χ0v) is 11.5. The van der Waals surface area contributed by atoms with Gasteiger partial charge < -0.3 is 5.32 Å². The third kappa shape index (κ3) is 4.87. The highest BCUT2D eigenvalue weighted by molar-refractivity contribution is 7.90. The predicted molar refractivity (Wildman–Crippen MR) is 68.7 cm³/mol. The van der Waals surface area contributed by atoms with Crippen LogP contribution in [0.5, 0.6) is 0 Å². The first-order chi connectivity index (χ1) is 7.94. The summed E-state index contributed by atoms with van der Waals surface area (Å²) in [7, 11) is -2.93. The highest BCUT2D eigenvalue weighted by Crippen LogP contribution is 2.07. The van der Waals surface area contributed by atoms with Gasteiger partial charge in [0.2, 0.25) is 0 Å². The van der Waals surface area contributed by atoms with Gasteiger partial charge in [-0.2, -0.15) is 5.10 Å². The maximum absolute atomic E-state index is 11.1. The van der Waals surface area contributed by atoms with Crippen molar-refractivity contribution in [2.45, 2.75) is 33.4 Å². The summed E-state index contributed by atoms with van der Waals surface area (Å²) in [6.07, 6.45) is 4.15. The molecule has 0 aliphatic rings. The van der Waals surface area contributed by atoms with Crippen LogP contribution >= 0.6 is 0 Å². The van der Waals surface area contributed by atoms with E-state index in [2.05, 4.69) is 17.3 Å². The van der Waals surface area contributed by atoms with Gasteiger partial charge in [0.25, 0.3) is 0 Å². The Hall–Kier alpha value is -0.880. The molecule has 1 rings (SSSR count). The lowest BCUT2D eigenvalue weighted by molar-refractivity contribution is 0.581. The molecular weight excluding hydrogens is 238 g/mol. The van der Waals surface area contributed by atoms with Crippen molar-refractivity contribution in [3.8, 4) is 0 Å². The smallest absolute Gasteiger partial charge is 0.149 e. The van der Waals surface area contributed by atoms with E-state index in [-0.39, 0.29) is 5.75 Å². The fraction of sp³-hybridized carbons (Fsp3) is 0.727. The number of aromatic nitrogens is 2. The van der Waals surface area contributed by atoms with Crippen molar-refractivity contribution < 1.29 is 8.42 Å². The van der Waals surface area contributed by atoms with Gasteiger partial charge in [-0.15, -0.1) is 0 Å². The van der Waals surface area contributed by atoms with Crippen LogP contribution in [0.25, 0.3) is 0 Å². The van der Waals surface area contributed by atoms with Crippen molar-refractivity contribution in [3.05, 3.63) is 17.5 Å². The molecule has 0 saturated carbocycles. The predicted octanol–water partition coefficient (Wildman–Crippen LogP) is 0.736. The summed E-state index contributed by atoms with van der Waals surface area (Å²) in [5.41, 5.74) is 2.17. The zero-order valence-electron chi connectivity index (χ0n) is 10.7. The van der Waals surface area contributed by atoms with Gasteiger partial charge in [0.1, 0.15) is 9.84 Å². The molecule has 0 unspecified atom stereocenters. The van der Waals surface area contributed by atoms with E-state index in [9.17, 15) is 8.42 Å². The molecule has 0 aromatic carbocycles. The average molecular weight is 259 g/mol. The summed E-state index contributed by atoms with van der Waals surface area (Å²) < 4.78 is 23.9. The molecule has 0 saturated heterocycles. The topological polar surface area (TPSA) is 64.0 Å². The van der Waals surface area contributed by atoms with Crippen molar-refractivity contribution in [1.29, 1.82) is 0 Å². The lowest BCUT2D eigenvalue weighted by Gasteiger charge is -2.05. The monoisotopic (exact) mass is 259 g/mol. The van der Waals surface area contributed by atoms with Gasteiger partial charge in [0.05, 0.1) is 18.5 Å². The molecule has 0 aliphatic heterocycles. The third-order valence-electron chi connectivity index (χ3n) is 2.62. The molecule has 0 spiro atoms. The molecule has 0 aliphatic carbocycles. The van der Waals surface area contributed by atoms with Crippen molar-refractivity contribution in [2.75, 3.05) is 18.6 Å². The number of hydrogen-bond acceptors (Lipinski definition) is 4. The highest BCUT2D eigenvalue weighted by Gasteiger charge is 2.08. The quantitative estimate of drug-likeness (QED) is 0.733. The van der Waals surface area contributed by atoms with Crippen LogP contribution in [0, 0.1) is 6.92 Å². The first kappa shape index (κ1) is 14.2. The molecule has 0 amide bonds. The van der Waals surface area contributed by atoms with Gasteiger partial charge in [-0.25, -0.2) is 8.42 Å². The molecule has 0 fully saturated rings. The molecule has 1 N–H and O–H groups in total. The average Bonchev–Trinajstić information content (AvgIpc) is 2.57. The number of rotatable bonds is 7. The Balaban J connectivity index is 2.58. The van der Waals surface area contributed by atoms with Crippen LogP contribution in [-0.2, 0) is 22.9 Å². The largest absolute Gasteiger partial charge is 0.313 e. The second-order valence-electron chi connectivity index (χ2n) is 4.29. The van der Waals surface area contributed by atoms with E-state index < -0.39 is 9.84 Å². The molecule has 5 nitrogen and oxygen atoms in total. The maximum Gasteiger partial charge on any atom is 0.149 e. The van der Waals surface area contributed by atoms with E-state index in [4.69, 9.17) is 0 Å². The fourth-order valence-corrected chi connectivity index (χ4v) is 2.04. The van der Waals surface area contributed by atoms with Gasteiger partial charge in [-0.3, -0.25) is 4.68 Å². The van der Waals surface area contributed by atoms with Gasteiger partial charge in [-0.05, 0) is 19.9 Å². The zero-order chi connectivity index (χ0) is 12.9. The van der Waals surface area contributed by atoms with Gasteiger partial charge in [0, 0.05) is 24.1 Å². The lowest BCUT2D eigenvalue weighted by Crippen LogP contribution is -2.16. The number of nitrogens with one attached hydrogen (secondary N) is 1. The molecule has 0 bridgehead atoms. The molecule has 0 radical (unpaired) electrons. The molecule has 6 heteroatoms. The number of sulfone groups is 1. The van der Waals surface area contributed by atoms with Crippen molar-refractivity contribution in [3.63, 3.8) is 0 Å². The Morgan fingerprint density at radius 3 is 2.76 bits per heavy atom. The second kappa shape index (κ2) is 6.16. The minimum absolute atomic E-state index is 0.136. The second-order valence-corrected chi connectivity index (χ2v) is 6.54. The first-order valence-corrected chi connectivity index (χ1v) is 7.90. The Bertz CT molecular complexity index is 451. The molecule has 1 aromatic rings. The molecule has 0 atom stereocenters. The first-order valence-electron chi connectivity index (χ1n) is 5.83. The molecule has 1 aromatic heterocycles. The summed E-state index contributed by atoms with van der Waals surface area (Å²) in [5.74, 6) is 0.136. The van der Waals surface area contributed by atoms with E-state index in [1.165, 1.54) is 6.26 Å². The van der Waals surface area contributed by atoms with Crippen molar-refractivity contribution >= 4 is 9.84 Å². The Morgan fingerprint density at radius 2 is 2.18 bits per heavy atom. The van der Waals surface area contributed by atoms with E-state index in [0.29, 0.717) is 6.54 Å². The molecule has 1 heterocycles. The van der Waals surface area contributed by atoms with E-state index in [1.807, 2.05) is 6.92 Å². The van der Waals surface area contributed by atoms with Crippen molar-refractivity contribution in [2.24, 2.45) is 0 Å². The van der Waals surface area contributed by atoms with Crippen LogP contribution in [0.15, 0.2) is 6.20 Å². The van der Waals surface area contributed by atoms with Crippen LogP contribution in [0.3, 0.4) is 0 Å². The Kier molecular flexibility index (Phi) is 5.14. The lowest BCUT2D eigenvalue weighted by atomic mass is 10.2. The van der Waals surface area contributed by atoms with Crippen LogP contribution in [0.1, 0.15) is 24.6 Å². The Morgan fingerprint density at radius 1 is 1.47 bits per heavy atom. The normalized spacial score (nSPS) is 11.9. The summed E-state index contributed by atoms with van der Waals surface area (Å²) in [6.45, 7) is 6.29. The summed E-state index contributed by atoms with van der Waals surface area (Å²) in [5, 5.41) is 7.52. The highest BCUT2D eigenvalue weighted by atomic mass is 32.2. The van der Waals surface area contributed by atoms with Crippen LogP contribution in [0.2, 0.25) is 0 Å². The van der Waals surface area contributed by atoms with Crippen molar-refractivity contribution in [1.82, 2.24) is 15.1 Å². The minimum atomic E-state index is -2.93. The molecule has 98 valence electrons. The SMILES string of the molecule is CCCNCc1cnn(CCS(C)(=O)=O)c1C. The summed E-state index contributed by atoms with van der Waals surface area (Å²) >= 11 is 0. The van der Waals surface area contributed by atoms with Gasteiger partial charge >= 0.3 is 0 Å². The number of aryl methyl sites for hydroxylation is 1. The van der Waals surface area contributed by atoms with Gasteiger partial charge in [0.15, 0.2) is 0 Å². The maximum atomic E-state index is 11.1. The standard InChI is InChI=1S/C11H21N3O2S/c1-4-5-12-8-11-9-13-14(10(11)2)6-7-17(3,15)16/h9,12H,4-8H2,1-3H3. The fourth-order valence-electron chi connectivity index (χ4n) is 1.54. The summed E-state index contributed by atoms with van der Waals surface area (Å²) in [4.78, 5) is 0. The molecule has 17 heavy (non-hydrogen) atoms. The Labute approximate surface area is 103 Å². The van der Waals surface area contributed by atoms with E-state index in [0.717, 1.165) is 30.8 Å². The third-order valence-corrected chi connectivity index (χ3v) is 3.55. The summed E-state index contributed by atoms with van der Waals surface area (Å²) in [6, 6.07) is 0. The number of hydrogen-bond donors (Lipinski definition) is 1.